The molecule has 0 saturated heterocycles. The molecule has 0 unspecified atom stereocenters. The molecule has 2 N–H and O–H groups in total. The molecule has 1 heterocycles. The van der Waals surface area contributed by atoms with E-state index in [0.717, 1.165) is 12.1 Å². The second-order valence-corrected chi connectivity index (χ2v) is 5.52. The van der Waals surface area contributed by atoms with Crippen molar-refractivity contribution in [2.24, 2.45) is 0 Å². The van der Waals surface area contributed by atoms with Gasteiger partial charge in [-0.2, -0.15) is 0 Å². The normalized spacial score (nSPS) is 12.4. The number of hydrogen-bond donors (Lipinski definition) is 2. The lowest BCUT2D eigenvalue weighted by atomic mass is 10.1. The van der Waals surface area contributed by atoms with Crippen LogP contribution in [0.2, 0.25) is 0 Å². The molecule has 0 radical (unpaired) electrons. The Balaban J connectivity index is 2.01. The summed E-state index contributed by atoms with van der Waals surface area (Å²) in [6, 6.07) is 6.07. The highest BCUT2D eigenvalue weighted by Crippen LogP contribution is 2.17. The largest absolute Gasteiger partial charge is 0.345 e. The Bertz CT molecular complexity index is 623. The number of likely N-dealkylation sites (N-methyl/N-ethyl adjacent to an activating group) is 1. The smallest absolute Gasteiger partial charge is 0.273 e. The maximum Gasteiger partial charge on any atom is 0.273 e. The highest BCUT2D eigenvalue weighted by Gasteiger charge is 2.15. The summed E-state index contributed by atoms with van der Waals surface area (Å²) in [5.41, 5.74) is 1.18. The van der Waals surface area contributed by atoms with E-state index in [9.17, 15) is 9.18 Å². The average molecular weight is 306 g/mol. The van der Waals surface area contributed by atoms with E-state index < -0.39 is 0 Å². The van der Waals surface area contributed by atoms with Crippen LogP contribution in [0.1, 0.15) is 29.0 Å². The number of quaternary nitrogens is 1. The van der Waals surface area contributed by atoms with Gasteiger partial charge in [0, 0.05) is 0 Å². The van der Waals surface area contributed by atoms with Gasteiger partial charge < -0.3 is 10.2 Å². The predicted octanol–water partition coefficient (Wildman–Crippen LogP) is -0.0992. The minimum Gasteiger partial charge on any atom is -0.345 e. The van der Waals surface area contributed by atoms with Crippen LogP contribution in [0.4, 0.5) is 4.39 Å². The van der Waals surface area contributed by atoms with E-state index >= 15 is 0 Å². The lowest BCUT2D eigenvalue weighted by Gasteiger charge is -2.11. The molecule has 0 aliphatic carbocycles. The van der Waals surface area contributed by atoms with E-state index in [2.05, 4.69) is 15.6 Å². The van der Waals surface area contributed by atoms with Gasteiger partial charge in [-0.05, 0) is 24.6 Å². The van der Waals surface area contributed by atoms with Gasteiger partial charge in [-0.1, -0.05) is 17.3 Å². The molecule has 0 aliphatic heterocycles. The zero-order valence-corrected chi connectivity index (χ0v) is 13.0. The molecule has 118 valence electrons. The zero-order valence-electron chi connectivity index (χ0n) is 13.0. The van der Waals surface area contributed by atoms with Crippen LogP contribution in [-0.4, -0.2) is 48.1 Å². The Kier molecular flexibility index (Phi) is 5.21. The average Bonchev–Trinajstić information content (AvgIpc) is 2.96. The monoisotopic (exact) mass is 306 g/mol. The molecular formula is C15H21FN5O+. The van der Waals surface area contributed by atoms with Crippen LogP contribution in [0, 0.1) is 5.82 Å². The van der Waals surface area contributed by atoms with Crippen molar-refractivity contribution < 1.29 is 14.1 Å². The number of hydrogen-bond acceptors (Lipinski definition) is 3. The minimum atomic E-state index is -0.280. The van der Waals surface area contributed by atoms with E-state index in [1.165, 1.54) is 17.0 Å². The van der Waals surface area contributed by atoms with Crippen LogP contribution in [0.5, 0.6) is 0 Å². The molecule has 1 atom stereocenters. The van der Waals surface area contributed by atoms with Crippen LogP contribution in [0.25, 0.3) is 0 Å². The van der Waals surface area contributed by atoms with Gasteiger partial charge in [0.2, 0.25) is 0 Å². The molecule has 0 saturated carbocycles. The molecule has 6 nitrogen and oxygen atoms in total. The van der Waals surface area contributed by atoms with Crippen molar-refractivity contribution in [1.29, 1.82) is 0 Å². The molecule has 7 heteroatoms. The SMILES string of the molecule is C[C@H](c1ccc(F)cc1)n1cc(C(=O)NCC[NH+](C)C)nn1. The molecule has 0 spiro atoms. The molecule has 0 bridgehead atoms. The van der Waals surface area contributed by atoms with Crippen LogP contribution in [0.3, 0.4) is 0 Å². The molecule has 0 fully saturated rings. The highest BCUT2D eigenvalue weighted by molar-refractivity contribution is 5.91. The van der Waals surface area contributed by atoms with Gasteiger partial charge in [0.25, 0.3) is 5.91 Å². The molecular weight excluding hydrogens is 285 g/mol. The Morgan fingerprint density at radius 3 is 2.68 bits per heavy atom. The predicted molar refractivity (Wildman–Crippen MR) is 80.2 cm³/mol. The van der Waals surface area contributed by atoms with E-state index in [1.807, 2.05) is 21.0 Å². The number of benzene rings is 1. The number of aromatic nitrogens is 3. The van der Waals surface area contributed by atoms with Gasteiger partial charge in [-0.25, -0.2) is 9.07 Å². The summed E-state index contributed by atoms with van der Waals surface area (Å²) in [5.74, 6) is -0.517. The molecule has 1 amide bonds. The zero-order chi connectivity index (χ0) is 16.1. The van der Waals surface area contributed by atoms with Gasteiger partial charge in [0.1, 0.15) is 5.82 Å². The van der Waals surface area contributed by atoms with Crippen molar-refractivity contribution in [2.45, 2.75) is 13.0 Å². The topological polar surface area (TPSA) is 64.2 Å². The van der Waals surface area contributed by atoms with Crippen molar-refractivity contribution in [2.75, 3.05) is 27.2 Å². The molecule has 1 aromatic carbocycles. The molecule has 2 rings (SSSR count). The van der Waals surface area contributed by atoms with E-state index in [-0.39, 0.29) is 23.5 Å². The number of nitrogens with one attached hydrogen (secondary N) is 2. The number of rotatable bonds is 6. The van der Waals surface area contributed by atoms with Gasteiger partial charge in [0.15, 0.2) is 5.69 Å². The second-order valence-electron chi connectivity index (χ2n) is 5.52. The summed E-state index contributed by atoms with van der Waals surface area (Å²) in [6.07, 6.45) is 1.60. The van der Waals surface area contributed by atoms with E-state index in [4.69, 9.17) is 0 Å². The first-order valence-electron chi connectivity index (χ1n) is 7.22. The first-order valence-corrected chi connectivity index (χ1v) is 7.22. The fourth-order valence-corrected chi connectivity index (χ4v) is 1.98. The number of halogens is 1. The summed E-state index contributed by atoms with van der Waals surface area (Å²) in [6.45, 7) is 3.34. The van der Waals surface area contributed by atoms with Gasteiger partial charge >= 0.3 is 0 Å². The number of carbonyl (C=O) groups is 1. The molecule has 0 aliphatic rings. The highest BCUT2D eigenvalue weighted by atomic mass is 19.1. The van der Waals surface area contributed by atoms with Crippen LogP contribution in [0.15, 0.2) is 30.5 Å². The maximum atomic E-state index is 12.9. The summed E-state index contributed by atoms with van der Waals surface area (Å²) >= 11 is 0. The lowest BCUT2D eigenvalue weighted by Crippen LogP contribution is -3.06. The molecule has 1 aromatic heterocycles. The standard InChI is InChI=1S/C15H20FN5O/c1-11(12-4-6-13(16)7-5-12)21-10-14(18-19-21)15(22)17-8-9-20(2)3/h4-7,10-11H,8-9H2,1-3H3,(H,17,22)/p+1/t11-/m1/s1. The lowest BCUT2D eigenvalue weighted by molar-refractivity contribution is -0.856. The van der Waals surface area contributed by atoms with Crippen LogP contribution >= 0.6 is 0 Å². The van der Waals surface area contributed by atoms with E-state index in [1.54, 1.807) is 23.0 Å². The molecule has 22 heavy (non-hydrogen) atoms. The Morgan fingerprint density at radius 2 is 2.05 bits per heavy atom. The quantitative estimate of drug-likeness (QED) is 0.783. The third kappa shape index (κ3) is 4.11. The Labute approximate surface area is 128 Å². The van der Waals surface area contributed by atoms with Crippen LogP contribution in [-0.2, 0) is 0 Å². The minimum absolute atomic E-state index is 0.124. The fraction of sp³-hybridized carbons (Fsp3) is 0.400. The summed E-state index contributed by atoms with van der Waals surface area (Å²) in [7, 11) is 4.04. The van der Waals surface area contributed by atoms with Crippen molar-refractivity contribution in [3.05, 3.63) is 47.5 Å². The van der Waals surface area contributed by atoms with Crippen molar-refractivity contribution >= 4 is 5.91 Å². The summed E-state index contributed by atoms with van der Waals surface area (Å²) in [5, 5.41) is 10.7. The first-order chi connectivity index (χ1) is 10.5. The van der Waals surface area contributed by atoms with Crippen molar-refractivity contribution in [1.82, 2.24) is 20.3 Å². The maximum absolute atomic E-state index is 12.9. The summed E-state index contributed by atoms with van der Waals surface area (Å²) in [4.78, 5) is 13.2. The Morgan fingerprint density at radius 1 is 1.36 bits per heavy atom. The van der Waals surface area contributed by atoms with Crippen LogP contribution < -0.4 is 10.2 Å². The Hall–Kier alpha value is -2.28. The third-order valence-corrected chi connectivity index (χ3v) is 3.40. The second kappa shape index (κ2) is 7.13. The number of carbonyl (C=O) groups excluding carboxylic acids is 1. The molecule has 2 aromatic rings. The van der Waals surface area contributed by atoms with Gasteiger partial charge in [-0.3, -0.25) is 4.79 Å². The number of nitrogens with zero attached hydrogens (tertiary/aromatic N) is 3. The first kappa shape index (κ1) is 16.1. The van der Waals surface area contributed by atoms with Crippen molar-refractivity contribution in [3.63, 3.8) is 0 Å². The van der Waals surface area contributed by atoms with Gasteiger partial charge in [0.05, 0.1) is 39.4 Å². The number of amides is 1. The third-order valence-electron chi connectivity index (χ3n) is 3.40. The fourth-order valence-electron chi connectivity index (χ4n) is 1.98. The van der Waals surface area contributed by atoms with Gasteiger partial charge in [-0.15, -0.1) is 5.10 Å². The van der Waals surface area contributed by atoms with Crippen molar-refractivity contribution in [3.8, 4) is 0 Å². The summed E-state index contributed by atoms with van der Waals surface area (Å²) < 4.78 is 14.5. The van der Waals surface area contributed by atoms with E-state index in [0.29, 0.717) is 6.54 Å².